The monoisotopic (exact) mass is 277 g/mol. The molecule has 3 N–H and O–H groups in total. The maximum Gasteiger partial charge on any atom is 0.319 e. The van der Waals surface area contributed by atoms with Crippen molar-refractivity contribution in [1.29, 1.82) is 0 Å². The topological polar surface area (TPSA) is 115 Å². The van der Waals surface area contributed by atoms with Crippen LogP contribution in [0.15, 0.2) is 0 Å². The number of hydrogen-bond acceptors (Lipinski definition) is 4. The van der Waals surface area contributed by atoms with Crippen LogP contribution < -0.4 is 5.73 Å². The van der Waals surface area contributed by atoms with Crippen LogP contribution in [0.4, 0.5) is 0 Å². The highest BCUT2D eigenvalue weighted by Crippen LogP contribution is 2.40. The number of hydrogen-bond donors (Lipinski definition) is 2. The fourth-order valence-electron chi connectivity index (χ4n) is 2.54. The van der Waals surface area contributed by atoms with E-state index in [1.54, 1.807) is 0 Å². The highest BCUT2D eigenvalue weighted by Gasteiger charge is 2.49. The Kier molecular flexibility index (Phi) is 4.05. The first kappa shape index (κ1) is 14.9. The molecule has 0 aromatic rings. The number of primary amides is 1. The van der Waals surface area contributed by atoms with Gasteiger partial charge in [0.2, 0.25) is 5.91 Å². The van der Waals surface area contributed by atoms with Gasteiger partial charge < -0.3 is 10.8 Å². The molecule has 104 valence electrons. The number of nitrogens with two attached hydrogens (primary N) is 1. The summed E-state index contributed by atoms with van der Waals surface area (Å²) in [6.07, 6.45) is 2.95. The van der Waals surface area contributed by atoms with Gasteiger partial charge in [-0.05, 0) is 32.1 Å². The van der Waals surface area contributed by atoms with Crippen molar-refractivity contribution in [3.05, 3.63) is 0 Å². The number of carbonyl (C=O) groups is 2. The molecule has 0 aromatic carbocycles. The van der Waals surface area contributed by atoms with Gasteiger partial charge in [0.05, 0.1) is 5.25 Å². The SMILES string of the molecule is CC(C(N)=O)(C(=O)O)C1CCCC(S(C)(=O)=O)C1. The number of amides is 1. The van der Waals surface area contributed by atoms with Crippen LogP contribution in [0.3, 0.4) is 0 Å². The van der Waals surface area contributed by atoms with E-state index in [9.17, 15) is 23.1 Å². The molecule has 1 aliphatic carbocycles. The number of carboxylic acids is 1. The molecule has 3 atom stereocenters. The van der Waals surface area contributed by atoms with E-state index in [1.165, 1.54) is 6.92 Å². The summed E-state index contributed by atoms with van der Waals surface area (Å²) >= 11 is 0. The Labute approximate surface area is 106 Å². The molecule has 1 aliphatic rings. The number of carbonyl (C=O) groups excluding carboxylic acids is 1. The van der Waals surface area contributed by atoms with Crippen LogP contribution in [0.2, 0.25) is 0 Å². The summed E-state index contributed by atoms with van der Waals surface area (Å²) < 4.78 is 23.1. The summed E-state index contributed by atoms with van der Waals surface area (Å²) in [5.74, 6) is -2.72. The minimum Gasteiger partial charge on any atom is -0.480 e. The highest BCUT2D eigenvalue weighted by atomic mass is 32.2. The molecule has 0 aliphatic heterocycles. The van der Waals surface area contributed by atoms with Crippen LogP contribution in [0.1, 0.15) is 32.6 Å². The quantitative estimate of drug-likeness (QED) is 0.711. The van der Waals surface area contributed by atoms with Crippen molar-refractivity contribution in [2.45, 2.75) is 37.9 Å². The Morgan fingerprint density at radius 1 is 1.33 bits per heavy atom. The lowest BCUT2D eigenvalue weighted by molar-refractivity contribution is -0.158. The van der Waals surface area contributed by atoms with E-state index in [2.05, 4.69) is 0 Å². The molecular formula is C11H19NO5S. The van der Waals surface area contributed by atoms with Crippen molar-refractivity contribution in [2.24, 2.45) is 17.1 Å². The van der Waals surface area contributed by atoms with Crippen LogP contribution in [0.25, 0.3) is 0 Å². The first-order chi connectivity index (χ1) is 8.10. The lowest BCUT2D eigenvalue weighted by atomic mass is 9.69. The van der Waals surface area contributed by atoms with Gasteiger partial charge in [-0.3, -0.25) is 9.59 Å². The van der Waals surface area contributed by atoms with Gasteiger partial charge in [-0.15, -0.1) is 0 Å². The van der Waals surface area contributed by atoms with E-state index in [0.717, 1.165) is 6.26 Å². The average Bonchev–Trinajstić information content (AvgIpc) is 2.26. The van der Waals surface area contributed by atoms with Gasteiger partial charge in [0.15, 0.2) is 0 Å². The zero-order valence-electron chi connectivity index (χ0n) is 10.5. The predicted octanol–water partition coefficient (Wildman–Crippen LogP) is 0.166. The molecule has 0 bridgehead atoms. The Balaban J connectivity index is 3.02. The molecule has 1 saturated carbocycles. The number of rotatable bonds is 4. The first-order valence-electron chi connectivity index (χ1n) is 5.82. The van der Waals surface area contributed by atoms with Crippen LogP contribution in [0.5, 0.6) is 0 Å². The fourth-order valence-corrected chi connectivity index (χ4v) is 3.72. The van der Waals surface area contributed by atoms with Crippen molar-refractivity contribution in [2.75, 3.05) is 6.26 Å². The smallest absolute Gasteiger partial charge is 0.319 e. The third-order valence-electron chi connectivity index (χ3n) is 4.00. The second kappa shape index (κ2) is 4.87. The number of sulfone groups is 1. The van der Waals surface area contributed by atoms with Gasteiger partial charge in [-0.25, -0.2) is 8.42 Å². The Morgan fingerprint density at radius 2 is 1.89 bits per heavy atom. The zero-order valence-corrected chi connectivity index (χ0v) is 11.4. The van der Waals surface area contributed by atoms with Crippen LogP contribution in [-0.4, -0.2) is 36.9 Å². The van der Waals surface area contributed by atoms with E-state index in [1.807, 2.05) is 0 Å². The first-order valence-corrected chi connectivity index (χ1v) is 7.77. The molecule has 6 nitrogen and oxygen atoms in total. The average molecular weight is 277 g/mol. The van der Waals surface area contributed by atoms with E-state index in [-0.39, 0.29) is 6.42 Å². The molecule has 18 heavy (non-hydrogen) atoms. The summed E-state index contributed by atoms with van der Waals surface area (Å²) in [5.41, 5.74) is 3.50. The molecule has 1 rings (SSSR count). The summed E-state index contributed by atoms with van der Waals surface area (Å²) in [4.78, 5) is 22.7. The lowest BCUT2D eigenvalue weighted by Gasteiger charge is -2.36. The summed E-state index contributed by atoms with van der Waals surface area (Å²) in [6.45, 7) is 1.28. The van der Waals surface area contributed by atoms with Gasteiger partial charge in [0, 0.05) is 6.26 Å². The molecule has 0 aromatic heterocycles. The van der Waals surface area contributed by atoms with Crippen LogP contribution in [0, 0.1) is 11.3 Å². The van der Waals surface area contributed by atoms with Crippen molar-refractivity contribution < 1.29 is 23.1 Å². The maximum atomic E-state index is 11.5. The van der Waals surface area contributed by atoms with Gasteiger partial charge in [-0.2, -0.15) is 0 Å². The summed E-state index contributed by atoms with van der Waals surface area (Å²) in [7, 11) is -3.22. The molecule has 0 radical (unpaired) electrons. The Hall–Kier alpha value is -1.11. The van der Waals surface area contributed by atoms with Crippen molar-refractivity contribution in [3.8, 4) is 0 Å². The fraction of sp³-hybridized carbons (Fsp3) is 0.818. The molecule has 3 unspecified atom stereocenters. The van der Waals surface area contributed by atoms with Gasteiger partial charge in [-0.1, -0.05) is 6.42 Å². The normalized spacial score (nSPS) is 28.3. The van der Waals surface area contributed by atoms with Gasteiger partial charge >= 0.3 is 5.97 Å². The second-order valence-electron chi connectivity index (χ2n) is 5.19. The van der Waals surface area contributed by atoms with Crippen LogP contribution in [-0.2, 0) is 19.4 Å². The van der Waals surface area contributed by atoms with E-state index >= 15 is 0 Å². The molecule has 1 fully saturated rings. The third-order valence-corrected chi connectivity index (χ3v) is 5.64. The third kappa shape index (κ3) is 2.66. The second-order valence-corrected chi connectivity index (χ2v) is 7.51. The predicted molar refractivity (Wildman–Crippen MR) is 65.5 cm³/mol. The minimum atomic E-state index is -3.22. The zero-order chi connectivity index (χ0) is 14.1. The Bertz CT molecular complexity index is 442. The van der Waals surface area contributed by atoms with E-state index in [0.29, 0.717) is 19.3 Å². The Morgan fingerprint density at radius 3 is 2.28 bits per heavy atom. The number of carboxylic acid groups (broad SMARTS) is 1. The minimum absolute atomic E-state index is 0.185. The van der Waals surface area contributed by atoms with Crippen LogP contribution >= 0.6 is 0 Å². The van der Waals surface area contributed by atoms with Crippen molar-refractivity contribution in [1.82, 2.24) is 0 Å². The van der Waals surface area contributed by atoms with E-state index in [4.69, 9.17) is 5.73 Å². The summed E-state index contributed by atoms with van der Waals surface area (Å²) in [5, 5.41) is 8.62. The molecule has 0 heterocycles. The number of aliphatic carboxylic acids is 1. The molecule has 0 saturated heterocycles. The molecular weight excluding hydrogens is 258 g/mol. The largest absolute Gasteiger partial charge is 0.480 e. The van der Waals surface area contributed by atoms with E-state index < -0.39 is 38.3 Å². The molecule has 7 heteroatoms. The summed E-state index contributed by atoms with van der Waals surface area (Å²) in [6, 6.07) is 0. The lowest BCUT2D eigenvalue weighted by Crippen LogP contribution is -2.49. The van der Waals surface area contributed by atoms with Crippen molar-refractivity contribution in [3.63, 3.8) is 0 Å². The molecule has 0 spiro atoms. The molecule has 1 amide bonds. The van der Waals surface area contributed by atoms with Gasteiger partial charge in [0.25, 0.3) is 0 Å². The maximum absolute atomic E-state index is 11.5. The van der Waals surface area contributed by atoms with Crippen molar-refractivity contribution >= 4 is 21.7 Å². The van der Waals surface area contributed by atoms with Gasteiger partial charge in [0.1, 0.15) is 15.3 Å². The standard InChI is InChI=1S/C11H19NO5S/c1-11(9(12)13,10(14)15)7-4-3-5-8(6-7)18(2,16)17/h7-8H,3-6H2,1-2H3,(H2,12,13)(H,14,15). The highest BCUT2D eigenvalue weighted by molar-refractivity contribution is 7.91.